The van der Waals surface area contributed by atoms with Crippen molar-refractivity contribution in [3.05, 3.63) is 47.9 Å². The van der Waals surface area contributed by atoms with Crippen molar-refractivity contribution in [2.24, 2.45) is 0 Å². The summed E-state index contributed by atoms with van der Waals surface area (Å²) in [5.41, 5.74) is 8.11. The molecule has 0 saturated carbocycles. The molecule has 3 rings (SSSR count). The van der Waals surface area contributed by atoms with Crippen LogP contribution in [0.25, 0.3) is 0 Å². The van der Waals surface area contributed by atoms with E-state index in [4.69, 9.17) is 5.73 Å². The third-order valence-electron chi connectivity index (χ3n) is 3.90. The van der Waals surface area contributed by atoms with E-state index in [9.17, 15) is 8.42 Å². The van der Waals surface area contributed by atoms with Crippen molar-refractivity contribution in [3.8, 4) is 0 Å². The van der Waals surface area contributed by atoms with E-state index in [1.54, 1.807) is 6.07 Å². The smallest absolute Gasteiger partial charge is 0.220 e. The molecule has 0 radical (unpaired) electrons. The van der Waals surface area contributed by atoms with Crippen LogP contribution in [-0.2, 0) is 22.3 Å². The van der Waals surface area contributed by atoms with Crippen molar-refractivity contribution >= 4 is 15.7 Å². The first-order valence-electron chi connectivity index (χ1n) is 7.47. The zero-order valence-electron chi connectivity index (χ0n) is 12.8. The van der Waals surface area contributed by atoms with Gasteiger partial charge in [0.1, 0.15) is 12.0 Å². The third kappa shape index (κ3) is 4.10. The number of hydrogen-bond acceptors (Lipinski definition) is 6. The van der Waals surface area contributed by atoms with Gasteiger partial charge >= 0.3 is 0 Å². The average molecular weight is 336 g/mol. The molecular formula is C15H20N4O3S. The van der Waals surface area contributed by atoms with Crippen molar-refractivity contribution < 1.29 is 12.9 Å². The summed E-state index contributed by atoms with van der Waals surface area (Å²) < 4.78 is 31.0. The Morgan fingerprint density at radius 3 is 2.61 bits per heavy atom. The van der Waals surface area contributed by atoms with Gasteiger partial charge in [0.15, 0.2) is 0 Å². The molecule has 2 heterocycles. The normalized spacial score (nSPS) is 17.4. The number of nitrogens with two attached hydrogens (primary N) is 1. The van der Waals surface area contributed by atoms with Gasteiger partial charge in [-0.25, -0.2) is 8.42 Å². The quantitative estimate of drug-likeness (QED) is 0.816. The molecule has 0 atom stereocenters. The first-order chi connectivity index (χ1) is 11.0. The molecule has 0 spiro atoms. The first kappa shape index (κ1) is 16.0. The van der Waals surface area contributed by atoms with E-state index in [1.807, 2.05) is 24.3 Å². The molecule has 8 heteroatoms. The van der Waals surface area contributed by atoms with Crippen molar-refractivity contribution in [2.45, 2.75) is 12.3 Å². The first-order valence-corrected chi connectivity index (χ1v) is 9.08. The lowest BCUT2D eigenvalue weighted by Crippen LogP contribution is -2.48. The average Bonchev–Trinajstić information content (AvgIpc) is 3.00. The molecule has 1 fully saturated rings. The van der Waals surface area contributed by atoms with Crippen LogP contribution in [0.1, 0.15) is 11.3 Å². The minimum Gasteiger partial charge on any atom is -0.399 e. The number of nitrogens with zero attached hydrogens (tertiary/aromatic N) is 3. The maximum Gasteiger partial charge on any atom is 0.220 e. The summed E-state index contributed by atoms with van der Waals surface area (Å²) in [4.78, 5) is 2.23. The van der Waals surface area contributed by atoms with Crippen molar-refractivity contribution in [1.29, 1.82) is 0 Å². The summed E-state index contributed by atoms with van der Waals surface area (Å²) >= 11 is 0. The lowest BCUT2D eigenvalue weighted by molar-refractivity contribution is 0.181. The van der Waals surface area contributed by atoms with E-state index >= 15 is 0 Å². The molecule has 1 aromatic carbocycles. The second-order valence-electron chi connectivity index (χ2n) is 5.67. The molecule has 23 heavy (non-hydrogen) atoms. The molecule has 1 aromatic heterocycles. The van der Waals surface area contributed by atoms with Crippen LogP contribution in [0.2, 0.25) is 0 Å². The second kappa shape index (κ2) is 6.69. The lowest BCUT2D eigenvalue weighted by Gasteiger charge is -2.33. The van der Waals surface area contributed by atoms with Gasteiger partial charge in [-0.1, -0.05) is 17.3 Å². The number of sulfonamides is 1. The van der Waals surface area contributed by atoms with Gasteiger partial charge in [-0.3, -0.25) is 4.90 Å². The summed E-state index contributed by atoms with van der Waals surface area (Å²) in [7, 11) is -3.35. The predicted molar refractivity (Wildman–Crippen MR) is 86.8 cm³/mol. The Balaban J connectivity index is 1.55. The van der Waals surface area contributed by atoms with Gasteiger partial charge in [0.25, 0.3) is 0 Å². The van der Waals surface area contributed by atoms with E-state index < -0.39 is 10.0 Å². The number of rotatable bonds is 5. The van der Waals surface area contributed by atoms with Gasteiger partial charge in [0, 0.05) is 44.5 Å². The summed E-state index contributed by atoms with van der Waals surface area (Å²) in [6, 6.07) is 9.35. The van der Waals surface area contributed by atoms with Crippen molar-refractivity contribution in [3.63, 3.8) is 0 Å². The van der Waals surface area contributed by atoms with Crippen LogP contribution in [0.3, 0.4) is 0 Å². The number of nitrogen functional groups attached to an aromatic ring is 1. The van der Waals surface area contributed by atoms with Crippen molar-refractivity contribution in [2.75, 3.05) is 31.9 Å². The minimum absolute atomic E-state index is 0.112. The van der Waals surface area contributed by atoms with E-state index in [2.05, 4.69) is 14.6 Å². The molecule has 1 aliphatic heterocycles. The SMILES string of the molecule is Nc1cccc(CN2CCN(S(=O)(=O)Cc3ccon3)CC2)c1. The molecule has 1 aliphatic rings. The third-order valence-corrected chi connectivity index (χ3v) is 5.72. The highest BCUT2D eigenvalue weighted by Gasteiger charge is 2.27. The highest BCUT2D eigenvalue weighted by atomic mass is 32.2. The molecule has 7 nitrogen and oxygen atoms in total. The van der Waals surface area contributed by atoms with Gasteiger partial charge in [0.2, 0.25) is 10.0 Å². The number of piperazine rings is 1. The largest absolute Gasteiger partial charge is 0.399 e. The Labute approximate surface area is 135 Å². The van der Waals surface area contributed by atoms with Crippen LogP contribution in [-0.4, -0.2) is 49.0 Å². The Morgan fingerprint density at radius 1 is 1.17 bits per heavy atom. The molecule has 0 amide bonds. The molecule has 0 unspecified atom stereocenters. The Kier molecular flexibility index (Phi) is 4.65. The standard InChI is InChI=1S/C15H20N4O3S/c16-14-3-1-2-13(10-14)11-18-5-7-19(8-6-18)23(20,21)12-15-4-9-22-17-15/h1-4,9-10H,5-8,11-12,16H2. The number of anilines is 1. The number of aromatic nitrogens is 1. The van der Waals surface area contributed by atoms with Gasteiger partial charge < -0.3 is 10.3 Å². The summed E-state index contributed by atoms with van der Waals surface area (Å²) in [5.74, 6) is -0.112. The van der Waals surface area contributed by atoms with E-state index in [0.29, 0.717) is 31.9 Å². The number of hydrogen-bond donors (Lipinski definition) is 1. The molecule has 124 valence electrons. The van der Waals surface area contributed by atoms with Crippen LogP contribution >= 0.6 is 0 Å². The van der Waals surface area contributed by atoms with E-state index in [0.717, 1.165) is 17.8 Å². The second-order valence-corrected chi connectivity index (χ2v) is 7.64. The van der Waals surface area contributed by atoms with Crippen LogP contribution in [0.4, 0.5) is 5.69 Å². The van der Waals surface area contributed by atoms with E-state index in [-0.39, 0.29) is 5.75 Å². The van der Waals surface area contributed by atoms with Gasteiger partial charge in [-0.2, -0.15) is 4.31 Å². The highest BCUT2D eigenvalue weighted by molar-refractivity contribution is 7.88. The molecule has 2 aromatic rings. The fourth-order valence-corrected chi connectivity index (χ4v) is 4.13. The molecule has 2 N–H and O–H groups in total. The Morgan fingerprint density at radius 2 is 1.96 bits per heavy atom. The summed E-state index contributed by atoms with van der Waals surface area (Å²) in [6.45, 7) is 3.16. The summed E-state index contributed by atoms with van der Waals surface area (Å²) in [6.07, 6.45) is 1.38. The zero-order chi connectivity index (χ0) is 16.3. The lowest BCUT2D eigenvalue weighted by atomic mass is 10.2. The van der Waals surface area contributed by atoms with E-state index in [1.165, 1.54) is 10.6 Å². The fourth-order valence-electron chi connectivity index (χ4n) is 2.71. The maximum atomic E-state index is 12.4. The van der Waals surface area contributed by atoms with Crippen LogP contribution in [0, 0.1) is 0 Å². The molecule has 0 aliphatic carbocycles. The van der Waals surface area contributed by atoms with Crippen LogP contribution in [0.5, 0.6) is 0 Å². The van der Waals surface area contributed by atoms with Crippen LogP contribution in [0.15, 0.2) is 41.1 Å². The fraction of sp³-hybridized carbons (Fsp3) is 0.400. The Bertz CT molecular complexity index is 738. The van der Waals surface area contributed by atoms with Gasteiger partial charge in [-0.15, -0.1) is 0 Å². The zero-order valence-corrected chi connectivity index (χ0v) is 13.6. The van der Waals surface area contributed by atoms with Gasteiger partial charge in [-0.05, 0) is 17.7 Å². The minimum atomic E-state index is -3.35. The number of benzene rings is 1. The summed E-state index contributed by atoms with van der Waals surface area (Å²) in [5, 5.41) is 3.67. The topological polar surface area (TPSA) is 92.7 Å². The van der Waals surface area contributed by atoms with Crippen LogP contribution < -0.4 is 5.73 Å². The molecule has 0 bridgehead atoms. The van der Waals surface area contributed by atoms with Crippen molar-refractivity contribution in [1.82, 2.24) is 14.4 Å². The molecular weight excluding hydrogens is 316 g/mol. The predicted octanol–water partition coefficient (Wildman–Crippen LogP) is 0.904. The van der Waals surface area contributed by atoms with Gasteiger partial charge in [0.05, 0.1) is 5.69 Å². The maximum absolute atomic E-state index is 12.4. The monoisotopic (exact) mass is 336 g/mol. The molecule has 1 saturated heterocycles. The highest BCUT2D eigenvalue weighted by Crippen LogP contribution is 2.15. The Hall–Kier alpha value is -1.90.